The first-order valence-electron chi connectivity index (χ1n) is 6.19. The van der Waals surface area contributed by atoms with Gasteiger partial charge in [0.05, 0.1) is 6.61 Å². The highest BCUT2D eigenvalue weighted by atomic mass is 16.5. The first-order chi connectivity index (χ1) is 7.22. The van der Waals surface area contributed by atoms with Crippen LogP contribution in [-0.2, 0) is 4.74 Å². The SMILES string of the molecule is CCOCCN(C)CC1(CC)CCNC1. The molecule has 0 aromatic rings. The fourth-order valence-electron chi connectivity index (χ4n) is 2.36. The predicted octanol–water partition coefficient (Wildman–Crippen LogP) is 1.34. The second-order valence-corrected chi connectivity index (χ2v) is 4.72. The summed E-state index contributed by atoms with van der Waals surface area (Å²) in [6, 6.07) is 0. The fraction of sp³-hybridized carbons (Fsp3) is 1.00. The summed E-state index contributed by atoms with van der Waals surface area (Å²) in [4.78, 5) is 2.41. The lowest BCUT2D eigenvalue weighted by Gasteiger charge is -2.31. The van der Waals surface area contributed by atoms with Gasteiger partial charge in [0.2, 0.25) is 0 Å². The minimum Gasteiger partial charge on any atom is -0.380 e. The van der Waals surface area contributed by atoms with Crippen LogP contribution in [0.4, 0.5) is 0 Å². The number of nitrogens with zero attached hydrogens (tertiary/aromatic N) is 1. The highest BCUT2D eigenvalue weighted by Crippen LogP contribution is 2.29. The highest BCUT2D eigenvalue weighted by Gasteiger charge is 2.32. The molecule has 0 saturated carbocycles. The summed E-state index contributed by atoms with van der Waals surface area (Å²) in [5.41, 5.74) is 0.515. The van der Waals surface area contributed by atoms with Crippen LogP contribution in [0.15, 0.2) is 0 Å². The molecule has 0 aromatic heterocycles. The van der Waals surface area contributed by atoms with Crippen LogP contribution < -0.4 is 5.32 Å². The van der Waals surface area contributed by atoms with E-state index in [0.29, 0.717) is 5.41 Å². The van der Waals surface area contributed by atoms with Gasteiger partial charge < -0.3 is 15.0 Å². The van der Waals surface area contributed by atoms with Crippen LogP contribution in [0.1, 0.15) is 26.7 Å². The highest BCUT2D eigenvalue weighted by molar-refractivity contribution is 4.88. The van der Waals surface area contributed by atoms with Crippen molar-refractivity contribution in [1.29, 1.82) is 0 Å². The summed E-state index contributed by atoms with van der Waals surface area (Å²) >= 11 is 0. The lowest BCUT2D eigenvalue weighted by atomic mass is 9.84. The molecule has 1 rings (SSSR count). The maximum Gasteiger partial charge on any atom is 0.0593 e. The molecular weight excluding hydrogens is 188 g/mol. The van der Waals surface area contributed by atoms with E-state index in [1.165, 1.54) is 32.5 Å². The van der Waals surface area contributed by atoms with Gasteiger partial charge in [0, 0.05) is 26.2 Å². The Morgan fingerprint density at radius 1 is 1.40 bits per heavy atom. The predicted molar refractivity (Wildman–Crippen MR) is 64.2 cm³/mol. The standard InChI is InChI=1S/C12H26N2O/c1-4-12(6-7-13-10-12)11-14(3)8-9-15-5-2/h13H,4-11H2,1-3H3. The van der Waals surface area contributed by atoms with Gasteiger partial charge in [-0.3, -0.25) is 0 Å². The Morgan fingerprint density at radius 3 is 2.73 bits per heavy atom. The van der Waals surface area contributed by atoms with Crippen LogP contribution in [0.3, 0.4) is 0 Å². The molecule has 1 atom stereocenters. The van der Waals surface area contributed by atoms with E-state index in [1.54, 1.807) is 0 Å². The van der Waals surface area contributed by atoms with Crippen LogP contribution in [0.25, 0.3) is 0 Å². The van der Waals surface area contributed by atoms with E-state index in [9.17, 15) is 0 Å². The lowest BCUT2D eigenvalue weighted by Crippen LogP contribution is -2.38. The van der Waals surface area contributed by atoms with Crippen molar-refractivity contribution in [3.05, 3.63) is 0 Å². The van der Waals surface area contributed by atoms with Crippen molar-refractivity contribution in [3.8, 4) is 0 Å². The van der Waals surface area contributed by atoms with Gasteiger partial charge in [-0.2, -0.15) is 0 Å². The maximum absolute atomic E-state index is 5.38. The zero-order valence-electron chi connectivity index (χ0n) is 10.5. The molecule has 15 heavy (non-hydrogen) atoms. The van der Waals surface area contributed by atoms with E-state index in [4.69, 9.17) is 4.74 Å². The average molecular weight is 214 g/mol. The van der Waals surface area contributed by atoms with E-state index < -0.39 is 0 Å². The average Bonchev–Trinajstić information content (AvgIpc) is 2.67. The van der Waals surface area contributed by atoms with Crippen molar-refractivity contribution in [2.75, 3.05) is 46.4 Å². The van der Waals surface area contributed by atoms with E-state index in [2.05, 4.69) is 31.1 Å². The molecule has 1 aliphatic rings. The monoisotopic (exact) mass is 214 g/mol. The van der Waals surface area contributed by atoms with Gasteiger partial charge in [0.15, 0.2) is 0 Å². The number of hydrogen-bond acceptors (Lipinski definition) is 3. The van der Waals surface area contributed by atoms with Gasteiger partial charge in [-0.15, -0.1) is 0 Å². The summed E-state index contributed by atoms with van der Waals surface area (Å²) < 4.78 is 5.38. The van der Waals surface area contributed by atoms with Crippen LogP contribution in [0, 0.1) is 5.41 Å². The zero-order valence-corrected chi connectivity index (χ0v) is 10.5. The van der Waals surface area contributed by atoms with E-state index in [1.807, 2.05) is 0 Å². The first-order valence-corrected chi connectivity index (χ1v) is 6.19. The molecule has 1 N–H and O–H groups in total. The van der Waals surface area contributed by atoms with Crippen molar-refractivity contribution in [2.45, 2.75) is 26.7 Å². The quantitative estimate of drug-likeness (QED) is 0.647. The van der Waals surface area contributed by atoms with Crippen LogP contribution >= 0.6 is 0 Å². The second kappa shape index (κ2) is 6.46. The van der Waals surface area contributed by atoms with Crippen LogP contribution in [0.5, 0.6) is 0 Å². The molecule has 3 nitrogen and oxygen atoms in total. The Bertz CT molecular complexity index is 167. The lowest BCUT2D eigenvalue weighted by molar-refractivity contribution is 0.102. The Labute approximate surface area is 94.2 Å². The van der Waals surface area contributed by atoms with Gasteiger partial charge in [-0.05, 0) is 38.8 Å². The Kier molecular flexibility index (Phi) is 5.58. The van der Waals surface area contributed by atoms with Crippen LogP contribution in [-0.4, -0.2) is 51.3 Å². The van der Waals surface area contributed by atoms with Crippen molar-refractivity contribution in [3.63, 3.8) is 0 Å². The number of nitrogens with one attached hydrogen (secondary N) is 1. The van der Waals surface area contributed by atoms with Crippen LogP contribution in [0.2, 0.25) is 0 Å². The molecule has 1 unspecified atom stereocenters. The minimum absolute atomic E-state index is 0.515. The number of rotatable bonds is 7. The van der Waals surface area contributed by atoms with Gasteiger partial charge in [0.25, 0.3) is 0 Å². The Morgan fingerprint density at radius 2 is 2.20 bits per heavy atom. The Balaban J connectivity index is 2.25. The third-order valence-electron chi connectivity index (χ3n) is 3.51. The minimum atomic E-state index is 0.515. The molecule has 1 saturated heterocycles. The number of likely N-dealkylation sites (N-methyl/N-ethyl adjacent to an activating group) is 1. The van der Waals surface area contributed by atoms with Gasteiger partial charge in [-0.25, -0.2) is 0 Å². The van der Waals surface area contributed by atoms with Gasteiger partial charge >= 0.3 is 0 Å². The zero-order chi connectivity index (χ0) is 11.1. The maximum atomic E-state index is 5.38. The molecule has 0 aliphatic carbocycles. The summed E-state index contributed by atoms with van der Waals surface area (Å²) in [5.74, 6) is 0. The molecule has 1 fully saturated rings. The van der Waals surface area contributed by atoms with E-state index in [-0.39, 0.29) is 0 Å². The smallest absolute Gasteiger partial charge is 0.0593 e. The summed E-state index contributed by atoms with van der Waals surface area (Å²) in [6.07, 6.45) is 2.60. The molecule has 0 amide bonds. The third kappa shape index (κ3) is 4.09. The molecule has 0 bridgehead atoms. The number of hydrogen-bond donors (Lipinski definition) is 1. The third-order valence-corrected chi connectivity index (χ3v) is 3.51. The molecule has 90 valence electrons. The largest absolute Gasteiger partial charge is 0.380 e. The summed E-state index contributed by atoms with van der Waals surface area (Å²) in [5, 5.41) is 3.48. The van der Waals surface area contributed by atoms with Gasteiger partial charge in [-0.1, -0.05) is 6.92 Å². The second-order valence-electron chi connectivity index (χ2n) is 4.72. The molecule has 0 aromatic carbocycles. The Hall–Kier alpha value is -0.120. The van der Waals surface area contributed by atoms with E-state index in [0.717, 1.165) is 19.8 Å². The topological polar surface area (TPSA) is 24.5 Å². The molecular formula is C12H26N2O. The first kappa shape index (κ1) is 12.9. The number of ether oxygens (including phenoxy) is 1. The van der Waals surface area contributed by atoms with Crippen molar-refractivity contribution in [1.82, 2.24) is 10.2 Å². The van der Waals surface area contributed by atoms with Crippen molar-refractivity contribution in [2.24, 2.45) is 5.41 Å². The van der Waals surface area contributed by atoms with E-state index >= 15 is 0 Å². The summed E-state index contributed by atoms with van der Waals surface area (Å²) in [6.45, 7) is 10.7. The van der Waals surface area contributed by atoms with Crippen molar-refractivity contribution < 1.29 is 4.74 Å². The normalized spacial score (nSPS) is 26.4. The molecule has 0 spiro atoms. The molecule has 3 heteroatoms. The summed E-state index contributed by atoms with van der Waals surface area (Å²) in [7, 11) is 2.20. The van der Waals surface area contributed by atoms with Crippen molar-refractivity contribution >= 4 is 0 Å². The van der Waals surface area contributed by atoms with Gasteiger partial charge in [0.1, 0.15) is 0 Å². The molecule has 0 radical (unpaired) electrons. The molecule has 1 heterocycles. The molecule has 1 aliphatic heterocycles. The fourth-order valence-corrected chi connectivity index (χ4v) is 2.36.